The number of carbonyl (C=O) groups excluding carboxylic acids is 1. The summed E-state index contributed by atoms with van der Waals surface area (Å²) in [6.45, 7) is 4.63. The predicted octanol–water partition coefficient (Wildman–Crippen LogP) is 4.85. The molecule has 1 aromatic carbocycles. The fraction of sp³-hybridized carbons (Fsp3) is 0.370. The van der Waals surface area contributed by atoms with Gasteiger partial charge in [0.25, 0.3) is 0 Å². The van der Waals surface area contributed by atoms with Gasteiger partial charge in [0.05, 0.1) is 11.4 Å². The average molecular weight is 487 g/mol. The Morgan fingerprint density at radius 2 is 1.86 bits per heavy atom. The lowest BCUT2D eigenvalue weighted by Gasteiger charge is -2.30. The van der Waals surface area contributed by atoms with Crippen LogP contribution in [0.2, 0.25) is 0 Å². The SMILES string of the molecule is CCCN(C(=O)C1CCC(C)CC1)c1nn(-c2ccc(-c3cc4ncccn4n3)cc2)cc1C(=O)O. The second kappa shape index (κ2) is 9.93. The molecule has 9 nitrogen and oxygen atoms in total. The maximum atomic E-state index is 13.5. The molecular formula is C27H30N6O3. The Bertz CT molecular complexity index is 1350. The van der Waals surface area contributed by atoms with Crippen LogP contribution < -0.4 is 4.90 Å². The smallest absolute Gasteiger partial charge is 0.341 e. The Morgan fingerprint density at radius 1 is 1.11 bits per heavy atom. The molecule has 1 saturated carbocycles. The maximum Gasteiger partial charge on any atom is 0.341 e. The van der Waals surface area contributed by atoms with Crippen LogP contribution in [0.1, 0.15) is 56.3 Å². The quantitative estimate of drug-likeness (QED) is 0.400. The van der Waals surface area contributed by atoms with Crippen molar-refractivity contribution in [1.82, 2.24) is 24.4 Å². The highest BCUT2D eigenvalue weighted by Crippen LogP contribution is 2.32. The zero-order chi connectivity index (χ0) is 25.2. The first-order valence-corrected chi connectivity index (χ1v) is 12.5. The molecule has 1 N–H and O–H groups in total. The maximum absolute atomic E-state index is 13.5. The van der Waals surface area contributed by atoms with Gasteiger partial charge in [0, 0.05) is 42.7 Å². The van der Waals surface area contributed by atoms with E-state index in [4.69, 9.17) is 0 Å². The van der Waals surface area contributed by atoms with Gasteiger partial charge >= 0.3 is 5.97 Å². The van der Waals surface area contributed by atoms with Gasteiger partial charge in [-0.3, -0.25) is 9.69 Å². The zero-order valence-corrected chi connectivity index (χ0v) is 20.5. The number of aromatic carboxylic acids is 1. The minimum Gasteiger partial charge on any atom is -0.477 e. The number of anilines is 1. The molecule has 0 aliphatic heterocycles. The van der Waals surface area contributed by atoms with Crippen molar-refractivity contribution in [2.75, 3.05) is 11.4 Å². The Kier molecular flexibility index (Phi) is 6.54. The Labute approximate surface area is 209 Å². The first-order valence-electron chi connectivity index (χ1n) is 12.5. The molecule has 3 aromatic heterocycles. The van der Waals surface area contributed by atoms with Gasteiger partial charge in [0.2, 0.25) is 5.91 Å². The molecule has 1 amide bonds. The van der Waals surface area contributed by atoms with Crippen LogP contribution >= 0.6 is 0 Å². The van der Waals surface area contributed by atoms with Gasteiger partial charge in [-0.1, -0.05) is 26.0 Å². The summed E-state index contributed by atoms with van der Waals surface area (Å²) in [6, 6.07) is 11.3. The van der Waals surface area contributed by atoms with Crippen molar-refractivity contribution in [3.05, 3.63) is 60.6 Å². The summed E-state index contributed by atoms with van der Waals surface area (Å²) < 4.78 is 3.25. The van der Waals surface area contributed by atoms with Gasteiger partial charge in [-0.15, -0.1) is 5.10 Å². The van der Waals surface area contributed by atoms with Crippen LogP contribution in [0, 0.1) is 11.8 Å². The van der Waals surface area contributed by atoms with Crippen LogP contribution in [0.5, 0.6) is 0 Å². The molecule has 0 radical (unpaired) electrons. The van der Waals surface area contributed by atoms with Crippen molar-refractivity contribution in [2.24, 2.45) is 11.8 Å². The van der Waals surface area contributed by atoms with Gasteiger partial charge < -0.3 is 5.11 Å². The lowest BCUT2D eigenvalue weighted by atomic mass is 9.82. The van der Waals surface area contributed by atoms with E-state index in [-0.39, 0.29) is 23.2 Å². The third-order valence-electron chi connectivity index (χ3n) is 6.92. The third kappa shape index (κ3) is 4.60. The number of carboxylic acids is 1. The van der Waals surface area contributed by atoms with E-state index >= 15 is 0 Å². The fourth-order valence-electron chi connectivity index (χ4n) is 4.87. The molecule has 1 fully saturated rings. The van der Waals surface area contributed by atoms with Crippen molar-refractivity contribution in [3.63, 3.8) is 0 Å². The summed E-state index contributed by atoms with van der Waals surface area (Å²) in [5, 5.41) is 19.1. The van der Waals surface area contributed by atoms with Gasteiger partial charge in [0.15, 0.2) is 11.5 Å². The number of fused-ring (bicyclic) bond motifs is 1. The summed E-state index contributed by atoms with van der Waals surface area (Å²) in [6.07, 6.45) is 9.48. The Hall–Kier alpha value is -4.01. The van der Waals surface area contributed by atoms with Crippen LogP contribution in [0.3, 0.4) is 0 Å². The number of hydrogen-bond acceptors (Lipinski definition) is 5. The standard InChI is InChI=1S/C27H30N6O3/c1-3-14-31(26(34)20-7-5-18(2)6-8-20)25-22(27(35)36)17-33(30-25)21-11-9-19(10-12-21)23-16-24-28-13-4-15-32(24)29-23/h4,9-13,15-18,20H,3,5-8,14H2,1-2H3,(H,35,36). The van der Waals surface area contributed by atoms with E-state index in [9.17, 15) is 14.7 Å². The summed E-state index contributed by atoms with van der Waals surface area (Å²) in [7, 11) is 0. The molecule has 0 atom stereocenters. The van der Waals surface area contributed by atoms with E-state index < -0.39 is 5.97 Å². The van der Waals surface area contributed by atoms with Crippen molar-refractivity contribution in [3.8, 4) is 16.9 Å². The summed E-state index contributed by atoms with van der Waals surface area (Å²) in [5.41, 5.74) is 3.17. The molecule has 36 heavy (non-hydrogen) atoms. The minimum absolute atomic E-state index is 0.0210. The van der Waals surface area contributed by atoms with Crippen LogP contribution in [0.4, 0.5) is 5.82 Å². The number of carbonyl (C=O) groups is 2. The van der Waals surface area contributed by atoms with Crippen LogP contribution in [-0.4, -0.2) is 47.9 Å². The molecule has 0 spiro atoms. The number of aromatic nitrogens is 5. The van der Waals surface area contributed by atoms with E-state index in [2.05, 4.69) is 22.1 Å². The number of carboxylic acid groups (broad SMARTS) is 1. The summed E-state index contributed by atoms with van der Waals surface area (Å²) >= 11 is 0. The lowest BCUT2D eigenvalue weighted by Crippen LogP contribution is -2.39. The van der Waals surface area contributed by atoms with Gasteiger partial charge in [-0.25, -0.2) is 19.0 Å². The van der Waals surface area contributed by atoms with E-state index in [0.717, 1.165) is 42.6 Å². The molecule has 9 heteroatoms. The number of benzene rings is 1. The molecular weight excluding hydrogens is 456 g/mol. The molecule has 3 heterocycles. The van der Waals surface area contributed by atoms with Gasteiger partial charge in [-0.05, 0) is 56.2 Å². The molecule has 5 rings (SSSR count). The van der Waals surface area contributed by atoms with E-state index in [1.807, 2.05) is 49.5 Å². The van der Waals surface area contributed by atoms with Crippen molar-refractivity contribution in [1.29, 1.82) is 0 Å². The van der Waals surface area contributed by atoms with Crippen LogP contribution in [0.25, 0.3) is 22.6 Å². The number of amides is 1. The molecule has 0 saturated heterocycles. The molecule has 0 bridgehead atoms. The molecule has 186 valence electrons. The first-order chi connectivity index (χ1) is 17.4. The average Bonchev–Trinajstić information content (AvgIpc) is 3.52. The highest BCUT2D eigenvalue weighted by molar-refractivity contribution is 6.01. The van der Waals surface area contributed by atoms with E-state index in [1.165, 1.54) is 10.9 Å². The van der Waals surface area contributed by atoms with E-state index in [1.54, 1.807) is 15.6 Å². The number of nitrogens with zero attached hydrogens (tertiary/aromatic N) is 6. The second-order valence-corrected chi connectivity index (χ2v) is 9.56. The number of rotatable bonds is 7. The molecule has 1 aliphatic rings. The lowest BCUT2D eigenvalue weighted by molar-refractivity contribution is -0.123. The molecule has 1 aliphatic carbocycles. The van der Waals surface area contributed by atoms with Gasteiger partial charge in [0.1, 0.15) is 5.56 Å². The molecule has 0 unspecified atom stereocenters. The largest absolute Gasteiger partial charge is 0.477 e. The second-order valence-electron chi connectivity index (χ2n) is 9.56. The Balaban J connectivity index is 1.45. The van der Waals surface area contributed by atoms with Crippen molar-refractivity contribution in [2.45, 2.75) is 46.0 Å². The number of hydrogen-bond donors (Lipinski definition) is 1. The molecule has 4 aromatic rings. The minimum atomic E-state index is -1.10. The van der Waals surface area contributed by atoms with Crippen LogP contribution in [-0.2, 0) is 4.79 Å². The van der Waals surface area contributed by atoms with E-state index in [0.29, 0.717) is 24.6 Å². The van der Waals surface area contributed by atoms with Crippen LogP contribution in [0.15, 0.2) is 55.0 Å². The first kappa shape index (κ1) is 23.7. The fourth-order valence-corrected chi connectivity index (χ4v) is 4.87. The van der Waals surface area contributed by atoms with Gasteiger partial charge in [-0.2, -0.15) is 5.10 Å². The highest BCUT2D eigenvalue weighted by atomic mass is 16.4. The highest BCUT2D eigenvalue weighted by Gasteiger charge is 2.32. The van der Waals surface area contributed by atoms with Crippen molar-refractivity contribution < 1.29 is 14.7 Å². The topological polar surface area (TPSA) is 106 Å². The Morgan fingerprint density at radius 3 is 2.53 bits per heavy atom. The predicted molar refractivity (Wildman–Crippen MR) is 136 cm³/mol. The summed E-state index contributed by atoms with van der Waals surface area (Å²) in [4.78, 5) is 31.5. The normalized spacial score (nSPS) is 17.8. The van der Waals surface area contributed by atoms with Crippen molar-refractivity contribution >= 4 is 23.3 Å². The summed E-state index contributed by atoms with van der Waals surface area (Å²) in [5.74, 6) is -0.368. The zero-order valence-electron chi connectivity index (χ0n) is 20.5. The monoisotopic (exact) mass is 486 g/mol. The third-order valence-corrected chi connectivity index (χ3v) is 6.92.